The molecular weight excluding hydrogens is 522 g/mol. The molecule has 236 valence electrons. The van der Waals surface area contributed by atoms with Gasteiger partial charge in [-0.3, -0.25) is 24.0 Å². The molecule has 0 aromatic rings. The standard InChI is InChI=1S/C31H57N5O5/c1-19(2)12-9-10-13-25(30(40)35-22(6)29(33)39)36-31(41)28(20(3)4)24-16-15-23(24)18-26(37)21(5)34-27(38)14-8-7-11-17-32/h19-25,28H,7-18,32H2,1-6H3,(H2,33,39)(H,34,38)(H,35,40)(H,36,41). The highest BCUT2D eigenvalue weighted by atomic mass is 16.2. The van der Waals surface area contributed by atoms with Crippen LogP contribution in [0.4, 0.5) is 0 Å². The molecule has 6 atom stereocenters. The van der Waals surface area contributed by atoms with Gasteiger partial charge in [-0.1, -0.05) is 53.4 Å². The fourth-order valence-corrected chi connectivity index (χ4v) is 5.57. The highest BCUT2D eigenvalue weighted by molar-refractivity contribution is 5.92. The molecule has 1 saturated carbocycles. The number of ketones is 1. The second kappa shape index (κ2) is 18.8. The van der Waals surface area contributed by atoms with E-state index in [1.807, 2.05) is 13.8 Å². The van der Waals surface area contributed by atoms with Crippen LogP contribution in [0.2, 0.25) is 0 Å². The molecule has 1 rings (SSSR count). The fraction of sp³-hybridized carbons (Fsp3) is 0.839. The number of hydrogen-bond donors (Lipinski definition) is 5. The summed E-state index contributed by atoms with van der Waals surface area (Å²) in [5.74, 6) is -1.12. The summed E-state index contributed by atoms with van der Waals surface area (Å²) in [6, 6.07) is -2.18. The number of amides is 4. The van der Waals surface area contributed by atoms with Crippen LogP contribution in [0.3, 0.4) is 0 Å². The molecule has 4 amide bonds. The van der Waals surface area contributed by atoms with Gasteiger partial charge in [-0.05, 0) is 76.2 Å². The van der Waals surface area contributed by atoms with Crippen LogP contribution >= 0.6 is 0 Å². The van der Waals surface area contributed by atoms with Gasteiger partial charge in [-0.2, -0.15) is 0 Å². The first-order valence-electron chi connectivity index (χ1n) is 15.7. The van der Waals surface area contributed by atoms with Crippen molar-refractivity contribution in [1.29, 1.82) is 0 Å². The minimum Gasteiger partial charge on any atom is -0.368 e. The number of carbonyl (C=O) groups is 5. The lowest BCUT2D eigenvalue weighted by Crippen LogP contribution is -2.54. The topological polar surface area (TPSA) is 173 Å². The summed E-state index contributed by atoms with van der Waals surface area (Å²) >= 11 is 0. The van der Waals surface area contributed by atoms with Crippen molar-refractivity contribution in [2.24, 2.45) is 41.1 Å². The van der Waals surface area contributed by atoms with Crippen LogP contribution in [0.5, 0.6) is 0 Å². The first-order valence-corrected chi connectivity index (χ1v) is 15.7. The monoisotopic (exact) mass is 579 g/mol. The Morgan fingerprint density at radius 3 is 1.95 bits per heavy atom. The highest BCUT2D eigenvalue weighted by Crippen LogP contribution is 2.44. The van der Waals surface area contributed by atoms with Gasteiger partial charge in [0.25, 0.3) is 0 Å². The van der Waals surface area contributed by atoms with E-state index in [0.29, 0.717) is 31.7 Å². The maximum Gasteiger partial charge on any atom is 0.243 e. The average Bonchev–Trinajstić information content (AvgIpc) is 2.88. The minimum atomic E-state index is -0.839. The second-order valence-electron chi connectivity index (χ2n) is 12.7. The first kappa shape index (κ1) is 36.5. The molecule has 0 saturated heterocycles. The van der Waals surface area contributed by atoms with Gasteiger partial charge in [0.1, 0.15) is 12.1 Å². The molecule has 10 heteroatoms. The Balaban J connectivity index is 2.82. The molecule has 0 aromatic carbocycles. The first-order chi connectivity index (χ1) is 19.3. The van der Waals surface area contributed by atoms with Crippen LogP contribution in [-0.2, 0) is 24.0 Å². The molecular formula is C31H57N5O5. The third kappa shape index (κ3) is 13.4. The highest BCUT2D eigenvalue weighted by Gasteiger charge is 2.43. The van der Waals surface area contributed by atoms with Crippen LogP contribution < -0.4 is 27.4 Å². The van der Waals surface area contributed by atoms with Gasteiger partial charge in [0, 0.05) is 18.8 Å². The summed E-state index contributed by atoms with van der Waals surface area (Å²) in [4.78, 5) is 63.3. The van der Waals surface area contributed by atoms with Gasteiger partial charge >= 0.3 is 0 Å². The largest absolute Gasteiger partial charge is 0.368 e. The van der Waals surface area contributed by atoms with E-state index < -0.39 is 29.9 Å². The number of rotatable bonds is 21. The predicted molar refractivity (Wildman–Crippen MR) is 161 cm³/mol. The van der Waals surface area contributed by atoms with E-state index in [2.05, 4.69) is 29.8 Å². The smallest absolute Gasteiger partial charge is 0.243 e. The average molecular weight is 580 g/mol. The zero-order chi connectivity index (χ0) is 31.1. The molecule has 7 N–H and O–H groups in total. The third-order valence-corrected chi connectivity index (χ3v) is 8.33. The fourth-order valence-electron chi connectivity index (χ4n) is 5.57. The molecule has 0 heterocycles. The molecule has 41 heavy (non-hydrogen) atoms. The number of Topliss-reactive ketones (excluding diaryl/α,β-unsaturated/α-hetero) is 1. The van der Waals surface area contributed by atoms with E-state index in [9.17, 15) is 24.0 Å². The van der Waals surface area contributed by atoms with Gasteiger partial charge in [-0.25, -0.2) is 0 Å². The Labute approximate surface area is 247 Å². The van der Waals surface area contributed by atoms with Gasteiger partial charge in [0.05, 0.1) is 6.04 Å². The van der Waals surface area contributed by atoms with Crippen molar-refractivity contribution in [2.45, 2.75) is 130 Å². The Kier molecular flexibility index (Phi) is 16.8. The van der Waals surface area contributed by atoms with Crippen molar-refractivity contribution < 1.29 is 24.0 Å². The number of primary amides is 1. The maximum absolute atomic E-state index is 13.6. The van der Waals surface area contributed by atoms with Gasteiger partial charge in [0.15, 0.2) is 5.78 Å². The normalized spacial score (nSPS) is 19.5. The van der Waals surface area contributed by atoms with Crippen molar-refractivity contribution in [1.82, 2.24) is 16.0 Å². The maximum atomic E-state index is 13.6. The molecule has 6 unspecified atom stereocenters. The lowest BCUT2D eigenvalue weighted by atomic mass is 9.62. The summed E-state index contributed by atoms with van der Waals surface area (Å²) in [6.07, 6.45) is 8.09. The number of unbranched alkanes of at least 4 members (excludes halogenated alkanes) is 3. The molecule has 0 spiro atoms. The van der Waals surface area contributed by atoms with E-state index in [0.717, 1.165) is 51.4 Å². The van der Waals surface area contributed by atoms with E-state index >= 15 is 0 Å². The number of nitrogens with one attached hydrogen (secondary N) is 3. The van der Waals surface area contributed by atoms with Crippen molar-refractivity contribution in [3.63, 3.8) is 0 Å². The number of carbonyl (C=O) groups excluding carboxylic acids is 5. The van der Waals surface area contributed by atoms with E-state index in [-0.39, 0.29) is 41.3 Å². The zero-order valence-electron chi connectivity index (χ0n) is 26.3. The third-order valence-electron chi connectivity index (χ3n) is 8.33. The lowest BCUT2D eigenvalue weighted by molar-refractivity contribution is -0.137. The summed E-state index contributed by atoms with van der Waals surface area (Å²) in [5.41, 5.74) is 10.8. The zero-order valence-corrected chi connectivity index (χ0v) is 26.3. The van der Waals surface area contributed by atoms with Crippen LogP contribution in [0.1, 0.15) is 112 Å². The molecule has 1 fully saturated rings. The SMILES string of the molecule is CC(C)CCCCC(NC(=O)C(C(C)C)C1CCC1CC(=O)C(C)NC(=O)CCCCCN)C(=O)NC(C)C(N)=O. The quantitative estimate of drug-likeness (QED) is 0.131. The molecule has 1 aliphatic rings. The number of nitrogens with two attached hydrogens (primary N) is 2. The van der Waals surface area contributed by atoms with Crippen molar-refractivity contribution >= 4 is 29.4 Å². The molecule has 0 aromatic heterocycles. The molecule has 0 radical (unpaired) electrons. The summed E-state index contributed by atoms with van der Waals surface area (Å²) in [5, 5.41) is 8.42. The number of hydrogen-bond acceptors (Lipinski definition) is 6. The Bertz CT molecular complexity index is 862. The van der Waals surface area contributed by atoms with Crippen LogP contribution in [-0.4, -0.2) is 54.1 Å². The van der Waals surface area contributed by atoms with E-state index in [1.54, 1.807) is 6.92 Å². The van der Waals surface area contributed by atoms with Gasteiger partial charge < -0.3 is 27.4 Å². The van der Waals surface area contributed by atoms with Gasteiger partial charge in [-0.15, -0.1) is 0 Å². The molecule has 0 aliphatic heterocycles. The van der Waals surface area contributed by atoms with Crippen LogP contribution in [0.15, 0.2) is 0 Å². The molecule has 10 nitrogen and oxygen atoms in total. The second-order valence-corrected chi connectivity index (χ2v) is 12.7. The van der Waals surface area contributed by atoms with Gasteiger partial charge in [0.2, 0.25) is 23.6 Å². The summed E-state index contributed by atoms with van der Waals surface area (Å²) < 4.78 is 0. The summed E-state index contributed by atoms with van der Waals surface area (Å²) in [7, 11) is 0. The van der Waals surface area contributed by atoms with Crippen LogP contribution in [0, 0.1) is 29.6 Å². The molecule has 1 aliphatic carbocycles. The molecule has 0 bridgehead atoms. The Morgan fingerprint density at radius 1 is 0.756 bits per heavy atom. The predicted octanol–water partition coefficient (Wildman–Crippen LogP) is 2.96. The minimum absolute atomic E-state index is 0.0118. The Morgan fingerprint density at radius 2 is 1.41 bits per heavy atom. The van der Waals surface area contributed by atoms with Crippen molar-refractivity contribution in [2.75, 3.05) is 6.54 Å². The summed E-state index contributed by atoms with van der Waals surface area (Å²) in [6.45, 7) is 12.1. The lowest BCUT2D eigenvalue weighted by Gasteiger charge is -2.43. The Hall–Kier alpha value is -2.49. The van der Waals surface area contributed by atoms with Crippen LogP contribution in [0.25, 0.3) is 0 Å². The van der Waals surface area contributed by atoms with E-state index in [1.165, 1.54) is 6.92 Å². The van der Waals surface area contributed by atoms with Crippen molar-refractivity contribution in [3.8, 4) is 0 Å². The van der Waals surface area contributed by atoms with E-state index in [4.69, 9.17) is 11.5 Å². The van der Waals surface area contributed by atoms with Crippen molar-refractivity contribution in [3.05, 3.63) is 0 Å².